The van der Waals surface area contributed by atoms with Crippen LogP contribution in [0.2, 0.25) is 0 Å². The summed E-state index contributed by atoms with van der Waals surface area (Å²) < 4.78 is 45.2. The van der Waals surface area contributed by atoms with Gasteiger partial charge in [-0.1, -0.05) is 23.5 Å². The van der Waals surface area contributed by atoms with Gasteiger partial charge in [-0.3, -0.25) is 19.2 Å². The molecule has 1 unspecified atom stereocenters. The largest absolute Gasteiger partial charge is 0.381 e. The number of anilines is 1. The highest BCUT2D eigenvalue weighted by Gasteiger charge is 2.22. The van der Waals surface area contributed by atoms with E-state index in [1.54, 1.807) is 23.0 Å². The first-order chi connectivity index (χ1) is 18.2. The van der Waals surface area contributed by atoms with Crippen LogP contribution >= 0.6 is 11.3 Å². The minimum atomic E-state index is -3.87. The van der Waals surface area contributed by atoms with E-state index in [0.29, 0.717) is 40.4 Å². The fraction of sp³-hybridized carbons (Fsp3) is 0.391. The van der Waals surface area contributed by atoms with Crippen molar-refractivity contribution in [3.05, 3.63) is 54.3 Å². The summed E-state index contributed by atoms with van der Waals surface area (Å²) in [5.74, 6) is 0.464. The van der Waals surface area contributed by atoms with E-state index in [0.717, 1.165) is 24.4 Å². The number of aromatic nitrogens is 4. The van der Waals surface area contributed by atoms with Crippen LogP contribution in [-0.2, 0) is 28.0 Å². The van der Waals surface area contributed by atoms with Crippen LogP contribution < -0.4 is 9.50 Å². The SMILES string of the molecule is CN1CCN(CS(=O)(=O)Oc2cccc(C(=O)Nc3ncc(S(=O)CC/C=C/c4nncn4C)s3)c2)CC1. The minimum absolute atomic E-state index is 0.0575. The summed E-state index contributed by atoms with van der Waals surface area (Å²) in [6, 6.07) is 5.95. The normalized spacial score (nSPS) is 16.1. The Bertz CT molecular complexity index is 1410. The van der Waals surface area contributed by atoms with Crippen LogP contribution in [0.25, 0.3) is 6.08 Å². The number of piperazine rings is 1. The number of hydrogen-bond acceptors (Lipinski definition) is 11. The van der Waals surface area contributed by atoms with Crippen molar-refractivity contribution in [1.29, 1.82) is 0 Å². The van der Waals surface area contributed by atoms with Gasteiger partial charge in [-0.05, 0) is 37.7 Å². The zero-order chi connectivity index (χ0) is 27.1. The monoisotopic (exact) mass is 579 g/mol. The van der Waals surface area contributed by atoms with E-state index in [4.69, 9.17) is 4.18 Å². The van der Waals surface area contributed by atoms with Gasteiger partial charge in [-0.25, -0.2) is 4.98 Å². The molecule has 3 aromatic rings. The summed E-state index contributed by atoms with van der Waals surface area (Å²) in [6.07, 6.45) is 7.35. The van der Waals surface area contributed by atoms with E-state index < -0.39 is 26.8 Å². The predicted molar refractivity (Wildman–Crippen MR) is 146 cm³/mol. The van der Waals surface area contributed by atoms with Crippen LogP contribution in [0.4, 0.5) is 5.13 Å². The number of benzene rings is 1. The molecule has 1 fully saturated rings. The van der Waals surface area contributed by atoms with Crippen LogP contribution in [0, 0.1) is 0 Å². The number of amides is 1. The predicted octanol–water partition coefficient (Wildman–Crippen LogP) is 1.65. The third kappa shape index (κ3) is 8.01. The number of likely N-dealkylation sites (N-methyl/N-ethyl adjacent to an activating group) is 1. The first-order valence-electron chi connectivity index (χ1n) is 11.8. The molecule has 4 rings (SSSR count). The first-order valence-corrected chi connectivity index (χ1v) is 15.5. The lowest BCUT2D eigenvalue weighted by Crippen LogP contribution is -2.46. The number of nitrogens with zero attached hydrogens (tertiary/aromatic N) is 6. The number of carbonyl (C=O) groups is 1. The summed E-state index contributed by atoms with van der Waals surface area (Å²) in [6.45, 7) is 2.86. The molecule has 1 amide bonds. The van der Waals surface area contributed by atoms with Crippen molar-refractivity contribution in [1.82, 2.24) is 29.5 Å². The average Bonchev–Trinajstić information content (AvgIpc) is 3.51. The summed E-state index contributed by atoms with van der Waals surface area (Å²) in [5.41, 5.74) is 0.212. The highest BCUT2D eigenvalue weighted by atomic mass is 32.2. The number of rotatable bonds is 11. The van der Waals surface area contributed by atoms with Gasteiger partial charge >= 0.3 is 10.1 Å². The quantitative estimate of drug-likeness (QED) is 0.334. The number of nitrogens with one attached hydrogen (secondary N) is 1. The van der Waals surface area contributed by atoms with Gasteiger partial charge in [0.25, 0.3) is 5.91 Å². The maximum absolute atomic E-state index is 12.7. The van der Waals surface area contributed by atoms with Gasteiger partial charge in [0.05, 0.1) is 17.0 Å². The second-order valence-electron chi connectivity index (χ2n) is 8.70. The summed E-state index contributed by atoms with van der Waals surface area (Å²) in [7, 11) is -1.31. The van der Waals surface area contributed by atoms with E-state index in [9.17, 15) is 17.4 Å². The van der Waals surface area contributed by atoms with Crippen molar-refractivity contribution in [2.75, 3.05) is 50.2 Å². The average molecular weight is 580 g/mol. The zero-order valence-electron chi connectivity index (χ0n) is 21.0. The number of hydrogen-bond donors (Lipinski definition) is 1. The lowest BCUT2D eigenvalue weighted by molar-refractivity contribution is 0.102. The standard InChI is InChI=1S/C23H29N7O5S3/c1-28-9-11-30(12-10-28)17-38(33,34)35-19-7-5-6-18(14-19)22(31)26-23-24-15-21(36-23)37(32)13-4-3-8-20-27-25-16-29(20)2/h3,5-8,14-16H,4,9-13,17H2,1-2H3,(H,24,26,31)/b8-3+. The van der Waals surface area contributed by atoms with E-state index in [1.807, 2.05) is 31.1 Å². The van der Waals surface area contributed by atoms with E-state index in [1.165, 1.54) is 18.3 Å². The van der Waals surface area contributed by atoms with Crippen molar-refractivity contribution in [3.63, 3.8) is 0 Å². The molecule has 0 spiro atoms. The maximum Gasteiger partial charge on any atom is 0.322 e. The molecule has 38 heavy (non-hydrogen) atoms. The molecule has 15 heteroatoms. The van der Waals surface area contributed by atoms with Crippen molar-refractivity contribution in [2.24, 2.45) is 7.05 Å². The van der Waals surface area contributed by atoms with Crippen LogP contribution in [0.1, 0.15) is 22.6 Å². The molecular formula is C23H29N7O5S3. The molecule has 1 atom stereocenters. The smallest absolute Gasteiger partial charge is 0.322 e. The van der Waals surface area contributed by atoms with E-state index in [-0.39, 0.29) is 17.2 Å². The molecule has 204 valence electrons. The second kappa shape index (κ2) is 12.7. The molecule has 2 aromatic heterocycles. The van der Waals surface area contributed by atoms with Crippen LogP contribution in [0.15, 0.2) is 47.1 Å². The first kappa shape index (κ1) is 28.0. The van der Waals surface area contributed by atoms with Crippen molar-refractivity contribution in [2.45, 2.75) is 10.6 Å². The van der Waals surface area contributed by atoms with E-state index >= 15 is 0 Å². The van der Waals surface area contributed by atoms with Crippen LogP contribution in [-0.4, -0.2) is 92.9 Å². The van der Waals surface area contributed by atoms with Gasteiger partial charge in [0, 0.05) is 44.5 Å². The maximum atomic E-state index is 12.7. The molecule has 3 heterocycles. The Labute approximate surface area is 227 Å². The number of allylic oxidation sites excluding steroid dienone is 1. The molecule has 0 aliphatic carbocycles. The highest BCUT2D eigenvalue weighted by molar-refractivity contribution is 7.87. The Balaban J connectivity index is 1.29. The van der Waals surface area contributed by atoms with Crippen LogP contribution in [0.5, 0.6) is 5.75 Å². The van der Waals surface area contributed by atoms with Gasteiger partial charge in [0.15, 0.2) is 11.0 Å². The van der Waals surface area contributed by atoms with Gasteiger partial charge in [-0.15, -0.1) is 10.2 Å². The Kier molecular flexibility index (Phi) is 9.38. The molecule has 1 aliphatic rings. The molecule has 1 saturated heterocycles. The number of carbonyl (C=O) groups excluding carboxylic acids is 1. The lowest BCUT2D eigenvalue weighted by atomic mass is 10.2. The Morgan fingerprint density at radius 1 is 1.24 bits per heavy atom. The molecule has 12 nitrogen and oxygen atoms in total. The second-order valence-corrected chi connectivity index (χ2v) is 13.1. The number of aryl methyl sites for hydroxylation is 1. The topological polar surface area (TPSA) is 140 Å². The molecule has 0 bridgehead atoms. The van der Waals surface area contributed by atoms with Gasteiger partial charge in [0.2, 0.25) is 0 Å². The minimum Gasteiger partial charge on any atom is -0.381 e. The van der Waals surface area contributed by atoms with Gasteiger partial charge in [-0.2, -0.15) is 8.42 Å². The molecular weight excluding hydrogens is 550 g/mol. The molecule has 1 aromatic carbocycles. The number of thiazole rings is 1. The molecule has 1 N–H and O–H groups in total. The summed E-state index contributed by atoms with van der Waals surface area (Å²) in [5, 5.41) is 10.7. The Morgan fingerprint density at radius 2 is 2.03 bits per heavy atom. The molecule has 0 radical (unpaired) electrons. The summed E-state index contributed by atoms with van der Waals surface area (Å²) in [4.78, 5) is 20.9. The molecule has 0 saturated carbocycles. The van der Waals surface area contributed by atoms with E-state index in [2.05, 4.69) is 25.4 Å². The fourth-order valence-corrected chi connectivity index (χ4v) is 6.84. The lowest BCUT2D eigenvalue weighted by Gasteiger charge is -2.31. The van der Waals surface area contributed by atoms with Crippen molar-refractivity contribution < 1.29 is 21.6 Å². The fourth-order valence-electron chi connectivity index (χ4n) is 3.56. The third-order valence-electron chi connectivity index (χ3n) is 5.67. The zero-order valence-corrected chi connectivity index (χ0v) is 23.5. The van der Waals surface area contributed by atoms with Gasteiger partial charge in [0.1, 0.15) is 22.2 Å². The Morgan fingerprint density at radius 3 is 2.76 bits per heavy atom. The summed E-state index contributed by atoms with van der Waals surface area (Å²) >= 11 is 1.13. The van der Waals surface area contributed by atoms with Crippen LogP contribution in [0.3, 0.4) is 0 Å². The highest BCUT2D eigenvalue weighted by Crippen LogP contribution is 2.24. The van der Waals surface area contributed by atoms with Crippen molar-refractivity contribution >= 4 is 49.4 Å². The van der Waals surface area contributed by atoms with Gasteiger partial charge < -0.3 is 13.7 Å². The molecule has 1 aliphatic heterocycles. The van der Waals surface area contributed by atoms with Crippen molar-refractivity contribution in [3.8, 4) is 5.75 Å². The third-order valence-corrected chi connectivity index (χ3v) is 9.47. The Hall–Kier alpha value is -2.98.